The number of thioether (sulfide) groups is 2. The minimum absolute atomic E-state index is 0.138. The molecule has 0 aliphatic carbocycles. The average molecular weight is 407 g/mol. The minimum atomic E-state index is -0.769. The van der Waals surface area contributed by atoms with Gasteiger partial charge in [0.25, 0.3) is 0 Å². The second-order valence-corrected chi connectivity index (χ2v) is 9.82. The van der Waals surface area contributed by atoms with Crippen LogP contribution in [0.4, 0.5) is 0 Å². The van der Waals surface area contributed by atoms with Crippen LogP contribution in [0.3, 0.4) is 0 Å². The van der Waals surface area contributed by atoms with Crippen molar-refractivity contribution in [3.8, 4) is 0 Å². The zero-order valence-electron chi connectivity index (χ0n) is 14.5. The number of hydrogen-bond acceptors (Lipinski definition) is 4. The predicted molar refractivity (Wildman–Crippen MR) is 111 cm³/mol. The highest BCUT2D eigenvalue weighted by Crippen LogP contribution is 2.51. The first-order valence-electron chi connectivity index (χ1n) is 8.63. The zero-order chi connectivity index (χ0) is 18.7. The fourth-order valence-electron chi connectivity index (χ4n) is 2.62. The van der Waals surface area contributed by atoms with E-state index in [0.29, 0.717) is 12.6 Å². The fraction of sp³-hybridized carbons (Fsp3) is 0.350. The molecule has 0 saturated carbocycles. The van der Waals surface area contributed by atoms with E-state index in [9.17, 15) is 14.5 Å². The van der Waals surface area contributed by atoms with Crippen LogP contribution in [-0.2, 0) is 9.36 Å². The van der Waals surface area contributed by atoms with E-state index >= 15 is 0 Å². The van der Waals surface area contributed by atoms with Gasteiger partial charge >= 0.3 is 5.97 Å². The topological polar surface area (TPSA) is 54.4 Å². The zero-order valence-corrected chi connectivity index (χ0v) is 17.1. The first-order valence-corrected chi connectivity index (χ1v) is 11.3. The number of benzene rings is 2. The van der Waals surface area contributed by atoms with Gasteiger partial charge in [-0.15, -0.1) is 23.5 Å². The maximum atomic E-state index is 11.3. The van der Waals surface area contributed by atoms with E-state index < -0.39 is 5.97 Å². The van der Waals surface area contributed by atoms with Crippen molar-refractivity contribution in [3.05, 3.63) is 60.7 Å². The molecule has 0 saturated heterocycles. The van der Waals surface area contributed by atoms with Crippen molar-refractivity contribution < 1.29 is 14.5 Å². The molecule has 0 atom stereocenters. The molecule has 3 nitrogen and oxygen atoms in total. The second-order valence-electron chi connectivity index (χ2n) is 5.94. The van der Waals surface area contributed by atoms with E-state index in [-0.39, 0.29) is 19.0 Å². The summed E-state index contributed by atoms with van der Waals surface area (Å²) in [5.41, 5.74) is 0. The third-order valence-corrected chi connectivity index (χ3v) is 7.45. The molecule has 0 aliphatic rings. The predicted octanol–water partition coefficient (Wildman–Crippen LogP) is 6.59. The van der Waals surface area contributed by atoms with Crippen molar-refractivity contribution in [3.63, 3.8) is 0 Å². The Morgan fingerprint density at radius 2 is 1.42 bits per heavy atom. The molecule has 0 amide bonds. The molecule has 0 unspecified atom stereocenters. The molecule has 138 valence electrons. The number of carbonyl (C=O) groups is 1. The molecule has 0 bridgehead atoms. The Morgan fingerprint density at radius 1 is 0.885 bits per heavy atom. The number of aliphatic carboxylic acids is 1. The molecule has 1 N–H and O–H groups in total. The van der Waals surface area contributed by atoms with Gasteiger partial charge in [0.2, 0.25) is 0 Å². The van der Waals surface area contributed by atoms with Gasteiger partial charge in [0.15, 0.2) is 8.46 Å². The van der Waals surface area contributed by atoms with Crippen molar-refractivity contribution in [2.45, 2.75) is 46.0 Å². The lowest BCUT2D eigenvalue weighted by Crippen LogP contribution is -2.22. The molecular weight excluding hydrogens is 383 g/mol. The molecule has 0 heterocycles. The van der Waals surface area contributed by atoms with Gasteiger partial charge in [0.05, 0.1) is 4.08 Å². The maximum absolute atomic E-state index is 11.3. The molecule has 0 aromatic heterocycles. The summed E-state index contributed by atoms with van der Waals surface area (Å²) in [6.07, 6.45) is 4.05. The molecule has 0 spiro atoms. The molecule has 2 rings (SSSR count). The summed E-state index contributed by atoms with van der Waals surface area (Å²) in [7, 11) is 0.179. The molecule has 0 fully saturated rings. The standard InChI is InChI=1S/C20H23O3PS2/c21-19(22)13-15-20(14-7-8-16-24-23,25-17-9-3-1-4-10-17)26-18-11-5-2-6-12-18/h1-6,9-12H,7-8,13-16H2,(H,21,22). The van der Waals surface area contributed by atoms with Crippen LogP contribution in [0.5, 0.6) is 0 Å². The summed E-state index contributed by atoms with van der Waals surface area (Å²) in [5, 5.41) is 9.26. The van der Waals surface area contributed by atoms with Crippen LogP contribution in [0.2, 0.25) is 0 Å². The summed E-state index contributed by atoms with van der Waals surface area (Å²) in [6.45, 7) is 0. The second kappa shape index (κ2) is 11.4. The van der Waals surface area contributed by atoms with Crippen LogP contribution in [-0.4, -0.2) is 21.3 Å². The Balaban J connectivity index is 2.25. The Morgan fingerprint density at radius 3 is 1.88 bits per heavy atom. The highest BCUT2D eigenvalue weighted by Gasteiger charge is 2.33. The lowest BCUT2D eigenvalue weighted by Gasteiger charge is -2.33. The Bertz CT molecular complexity index is 638. The first kappa shape index (κ1) is 21.0. The molecule has 0 aliphatic heterocycles. The normalized spacial score (nSPS) is 11.5. The van der Waals surface area contributed by atoms with E-state index in [1.807, 2.05) is 36.4 Å². The summed E-state index contributed by atoms with van der Waals surface area (Å²) in [5.74, 6) is -0.769. The average Bonchev–Trinajstić information content (AvgIpc) is 2.65. The van der Waals surface area contributed by atoms with Gasteiger partial charge in [-0.3, -0.25) is 9.36 Å². The summed E-state index contributed by atoms with van der Waals surface area (Å²) in [6, 6.07) is 20.3. The molecular formula is C20H23O3PS2. The van der Waals surface area contributed by atoms with E-state index in [1.165, 1.54) is 0 Å². The third kappa shape index (κ3) is 7.53. The SMILES string of the molecule is O=PCCCCC(CCC(=O)O)(Sc1ccccc1)Sc1ccccc1. The number of carboxylic acids is 1. The van der Waals surface area contributed by atoms with E-state index in [1.54, 1.807) is 23.5 Å². The first-order chi connectivity index (χ1) is 12.6. The van der Waals surface area contributed by atoms with Crippen LogP contribution in [0.1, 0.15) is 32.1 Å². The largest absolute Gasteiger partial charge is 0.481 e. The number of unbranched alkanes of at least 4 members (excludes halogenated alkanes) is 1. The molecule has 2 aromatic carbocycles. The lowest BCUT2D eigenvalue weighted by molar-refractivity contribution is -0.137. The quantitative estimate of drug-likeness (QED) is 0.186. The Hall–Kier alpha value is -1.29. The maximum Gasteiger partial charge on any atom is 0.303 e. The van der Waals surface area contributed by atoms with E-state index in [2.05, 4.69) is 24.3 Å². The van der Waals surface area contributed by atoms with Crippen LogP contribution in [0.15, 0.2) is 70.5 Å². The third-order valence-electron chi connectivity index (χ3n) is 3.87. The Kier molecular flexibility index (Phi) is 9.24. The van der Waals surface area contributed by atoms with Gasteiger partial charge in [0, 0.05) is 22.4 Å². The van der Waals surface area contributed by atoms with Crippen LogP contribution >= 0.6 is 32.0 Å². The molecule has 6 heteroatoms. The Labute approximate surface area is 165 Å². The van der Waals surface area contributed by atoms with Crippen LogP contribution in [0.25, 0.3) is 0 Å². The minimum Gasteiger partial charge on any atom is -0.481 e. The van der Waals surface area contributed by atoms with Gasteiger partial charge in [0.1, 0.15) is 0 Å². The van der Waals surface area contributed by atoms with Gasteiger partial charge in [-0.1, -0.05) is 42.8 Å². The smallest absolute Gasteiger partial charge is 0.303 e. The number of hydrogen-bond donors (Lipinski definition) is 1. The molecule has 0 radical (unpaired) electrons. The summed E-state index contributed by atoms with van der Waals surface area (Å²) in [4.78, 5) is 13.6. The van der Waals surface area contributed by atoms with Crippen molar-refractivity contribution in [1.29, 1.82) is 0 Å². The van der Waals surface area contributed by atoms with E-state index in [0.717, 1.165) is 29.1 Å². The number of carboxylic acid groups (broad SMARTS) is 1. The highest BCUT2D eigenvalue weighted by atomic mass is 32.2. The molecule has 26 heavy (non-hydrogen) atoms. The van der Waals surface area contributed by atoms with E-state index in [4.69, 9.17) is 0 Å². The monoisotopic (exact) mass is 406 g/mol. The van der Waals surface area contributed by atoms with Crippen molar-refractivity contribution in [2.24, 2.45) is 0 Å². The van der Waals surface area contributed by atoms with Crippen LogP contribution in [0, 0.1) is 0 Å². The summed E-state index contributed by atoms with van der Waals surface area (Å²) < 4.78 is 10.5. The lowest BCUT2D eigenvalue weighted by atomic mass is 10.1. The van der Waals surface area contributed by atoms with Gasteiger partial charge in [-0.25, -0.2) is 0 Å². The van der Waals surface area contributed by atoms with Crippen LogP contribution < -0.4 is 0 Å². The summed E-state index contributed by atoms with van der Waals surface area (Å²) >= 11 is 3.50. The van der Waals surface area contributed by atoms with Gasteiger partial charge in [-0.05, 0) is 43.5 Å². The van der Waals surface area contributed by atoms with Gasteiger partial charge in [-0.2, -0.15) is 0 Å². The fourth-order valence-corrected chi connectivity index (χ4v) is 6.07. The number of rotatable bonds is 12. The highest BCUT2D eigenvalue weighted by molar-refractivity contribution is 8.18. The molecule has 2 aromatic rings. The van der Waals surface area contributed by atoms with Crippen molar-refractivity contribution >= 4 is 38.0 Å². The van der Waals surface area contributed by atoms with Gasteiger partial charge < -0.3 is 5.11 Å². The van der Waals surface area contributed by atoms with Crippen molar-refractivity contribution in [1.82, 2.24) is 0 Å². The van der Waals surface area contributed by atoms with Crippen molar-refractivity contribution in [2.75, 3.05) is 6.16 Å².